The van der Waals surface area contributed by atoms with Crippen molar-refractivity contribution in [3.8, 4) is 16.9 Å². The second-order valence-electron chi connectivity index (χ2n) is 5.87. The molecule has 0 saturated heterocycles. The molecule has 1 aromatic heterocycles. The summed E-state index contributed by atoms with van der Waals surface area (Å²) in [6.07, 6.45) is 3.45. The van der Waals surface area contributed by atoms with Crippen LogP contribution in [-0.4, -0.2) is 20.7 Å². The maximum Gasteiger partial charge on any atom is 0.216 e. The van der Waals surface area contributed by atoms with E-state index in [1.165, 1.54) is 0 Å². The molecule has 4 aromatic rings. The maximum atomic E-state index is 12.6. The number of para-hydroxylation sites is 2. The quantitative estimate of drug-likeness (QED) is 0.232. The SMILES string of the molecule is [O-]/[N+](=C/c1cn(-c2ccccc2)nc1-c1ccccc1)c1ccccc1. The van der Waals surface area contributed by atoms with E-state index in [1.807, 2.05) is 85.1 Å². The van der Waals surface area contributed by atoms with Gasteiger partial charge in [0.1, 0.15) is 5.69 Å². The zero-order valence-corrected chi connectivity index (χ0v) is 14.1. The van der Waals surface area contributed by atoms with Gasteiger partial charge in [0.15, 0.2) is 6.21 Å². The van der Waals surface area contributed by atoms with Crippen LogP contribution in [0.1, 0.15) is 5.56 Å². The van der Waals surface area contributed by atoms with Gasteiger partial charge in [0.25, 0.3) is 0 Å². The molecule has 4 rings (SSSR count). The fourth-order valence-corrected chi connectivity index (χ4v) is 2.79. The third kappa shape index (κ3) is 3.26. The number of hydrogen-bond acceptors (Lipinski definition) is 2. The summed E-state index contributed by atoms with van der Waals surface area (Å²) in [6.45, 7) is 0. The van der Waals surface area contributed by atoms with Crippen LogP contribution in [0.4, 0.5) is 5.69 Å². The molecule has 0 aliphatic rings. The smallest absolute Gasteiger partial charge is 0.216 e. The predicted octanol–water partition coefficient (Wildman–Crippen LogP) is 4.80. The van der Waals surface area contributed by atoms with Crippen LogP contribution in [-0.2, 0) is 0 Å². The molecule has 0 saturated carbocycles. The molecule has 1 heterocycles. The first kappa shape index (κ1) is 15.8. The first-order valence-electron chi connectivity index (χ1n) is 8.38. The van der Waals surface area contributed by atoms with E-state index >= 15 is 0 Å². The van der Waals surface area contributed by atoms with E-state index in [2.05, 4.69) is 0 Å². The van der Waals surface area contributed by atoms with E-state index in [0.717, 1.165) is 27.2 Å². The minimum atomic E-state index is 0.582. The Morgan fingerprint density at radius 1 is 0.769 bits per heavy atom. The predicted molar refractivity (Wildman–Crippen MR) is 104 cm³/mol. The Bertz CT molecular complexity index is 1020. The van der Waals surface area contributed by atoms with Crippen molar-refractivity contribution in [3.63, 3.8) is 0 Å². The molecule has 0 spiro atoms. The Labute approximate surface area is 151 Å². The maximum absolute atomic E-state index is 12.6. The van der Waals surface area contributed by atoms with Gasteiger partial charge in [-0.3, -0.25) is 0 Å². The monoisotopic (exact) mass is 339 g/mol. The molecular formula is C22H17N3O. The van der Waals surface area contributed by atoms with Crippen LogP contribution >= 0.6 is 0 Å². The van der Waals surface area contributed by atoms with Gasteiger partial charge in [0.2, 0.25) is 5.69 Å². The second-order valence-corrected chi connectivity index (χ2v) is 5.87. The molecule has 0 aliphatic carbocycles. The van der Waals surface area contributed by atoms with Crippen LogP contribution in [0.15, 0.2) is 97.2 Å². The Kier molecular flexibility index (Phi) is 4.31. The van der Waals surface area contributed by atoms with Crippen molar-refractivity contribution in [3.05, 3.63) is 108 Å². The second kappa shape index (κ2) is 7.07. The Balaban J connectivity index is 1.83. The van der Waals surface area contributed by atoms with Crippen molar-refractivity contribution < 1.29 is 4.74 Å². The van der Waals surface area contributed by atoms with Crippen molar-refractivity contribution in [1.82, 2.24) is 9.78 Å². The van der Waals surface area contributed by atoms with E-state index in [9.17, 15) is 5.21 Å². The normalized spacial score (nSPS) is 11.5. The van der Waals surface area contributed by atoms with Gasteiger partial charge >= 0.3 is 0 Å². The summed E-state index contributed by atoms with van der Waals surface area (Å²) >= 11 is 0. The first-order chi connectivity index (χ1) is 12.8. The molecule has 0 amide bonds. The highest BCUT2D eigenvalue weighted by atomic mass is 16.5. The Hall–Kier alpha value is -3.66. The summed E-state index contributed by atoms with van der Waals surface area (Å²) < 4.78 is 2.67. The van der Waals surface area contributed by atoms with E-state index in [4.69, 9.17) is 5.10 Å². The Morgan fingerprint density at radius 2 is 1.35 bits per heavy atom. The molecule has 126 valence electrons. The third-order valence-corrected chi connectivity index (χ3v) is 4.08. The zero-order chi connectivity index (χ0) is 17.8. The molecule has 0 unspecified atom stereocenters. The van der Waals surface area contributed by atoms with Crippen molar-refractivity contribution >= 4 is 11.9 Å². The molecule has 0 fully saturated rings. The number of rotatable bonds is 4. The van der Waals surface area contributed by atoms with Crippen LogP contribution in [0.3, 0.4) is 0 Å². The lowest BCUT2D eigenvalue weighted by atomic mass is 10.1. The van der Waals surface area contributed by atoms with Gasteiger partial charge in [-0.25, -0.2) is 4.68 Å². The van der Waals surface area contributed by atoms with Crippen LogP contribution in [0.5, 0.6) is 0 Å². The van der Waals surface area contributed by atoms with Crippen molar-refractivity contribution in [2.45, 2.75) is 0 Å². The average Bonchev–Trinajstić information content (AvgIpc) is 3.14. The lowest BCUT2D eigenvalue weighted by Crippen LogP contribution is -1.99. The summed E-state index contributed by atoms with van der Waals surface area (Å²) in [5.41, 5.74) is 4.03. The van der Waals surface area contributed by atoms with E-state index in [-0.39, 0.29) is 0 Å². The number of nitrogens with zero attached hydrogens (tertiary/aromatic N) is 3. The van der Waals surface area contributed by atoms with Crippen LogP contribution < -0.4 is 0 Å². The van der Waals surface area contributed by atoms with Crippen LogP contribution in [0.25, 0.3) is 16.9 Å². The fourth-order valence-electron chi connectivity index (χ4n) is 2.79. The van der Waals surface area contributed by atoms with Gasteiger partial charge in [-0.2, -0.15) is 9.84 Å². The standard InChI is InChI=1S/C22H17N3O/c26-25(21-14-8-3-9-15-21)17-19-16-24(20-12-6-2-7-13-20)23-22(19)18-10-4-1-5-11-18/h1-17H/b25-17+. The number of aromatic nitrogens is 2. The average molecular weight is 339 g/mol. The first-order valence-corrected chi connectivity index (χ1v) is 8.38. The van der Waals surface area contributed by atoms with Gasteiger partial charge in [-0.05, 0) is 12.1 Å². The summed E-state index contributed by atoms with van der Waals surface area (Å²) in [5.74, 6) is 0. The highest BCUT2D eigenvalue weighted by molar-refractivity contribution is 5.86. The highest BCUT2D eigenvalue weighted by Gasteiger charge is 2.14. The fraction of sp³-hybridized carbons (Fsp3) is 0. The van der Waals surface area contributed by atoms with Crippen LogP contribution in [0, 0.1) is 5.21 Å². The lowest BCUT2D eigenvalue weighted by Gasteiger charge is -2.02. The molecule has 0 aliphatic heterocycles. The largest absolute Gasteiger partial charge is 0.618 e. The topological polar surface area (TPSA) is 43.9 Å². The van der Waals surface area contributed by atoms with Gasteiger partial charge in [-0.15, -0.1) is 0 Å². The summed E-state index contributed by atoms with van der Waals surface area (Å²) in [4.78, 5) is 0. The molecule has 0 radical (unpaired) electrons. The summed E-state index contributed by atoms with van der Waals surface area (Å²) in [5, 5.41) is 17.3. The summed E-state index contributed by atoms with van der Waals surface area (Å²) in [6, 6.07) is 28.9. The van der Waals surface area contributed by atoms with Crippen molar-refractivity contribution in [2.75, 3.05) is 0 Å². The molecule has 0 N–H and O–H groups in total. The molecule has 3 aromatic carbocycles. The molecular weight excluding hydrogens is 322 g/mol. The summed E-state index contributed by atoms with van der Waals surface area (Å²) in [7, 11) is 0. The van der Waals surface area contributed by atoms with E-state index in [0.29, 0.717) is 5.69 Å². The minimum absolute atomic E-state index is 0.582. The molecule has 4 heteroatoms. The van der Waals surface area contributed by atoms with Gasteiger partial charge in [0.05, 0.1) is 11.3 Å². The van der Waals surface area contributed by atoms with E-state index < -0.39 is 0 Å². The van der Waals surface area contributed by atoms with Crippen molar-refractivity contribution in [1.29, 1.82) is 0 Å². The minimum Gasteiger partial charge on any atom is -0.618 e. The molecule has 4 nitrogen and oxygen atoms in total. The van der Waals surface area contributed by atoms with E-state index in [1.54, 1.807) is 23.0 Å². The van der Waals surface area contributed by atoms with Crippen molar-refractivity contribution in [2.24, 2.45) is 0 Å². The number of hydrogen-bond donors (Lipinski definition) is 0. The third-order valence-electron chi connectivity index (χ3n) is 4.08. The molecule has 26 heavy (non-hydrogen) atoms. The molecule has 0 atom stereocenters. The molecule has 0 bridgehead atoms. The Morgan fingerprint density at radius 3 is 2.00 bits per heavy atom. The lowest BCUT2D eigenvalue weighted by molar-refractivity contribution is -0.354. The zero-order valence-electron chi connectivity index (χ0n) is 14.1. The van der Waals surface area contributed by atoms with Gasteiger partial charge < -0.3 is 5.21 Å². The van der Waals surface area contributed by atoms with Gasteiger partial charge in [-0.1, -0.05) is 66.7 Å². The van der Waals surface area contributed by atoms with Crippen LogP contribution in [0.2, 0.25) is 0 Å². The number of benzene rings is 3. The van der Waals surface area contributed by atoms with Gasteiger partial charge in [0, 0.05) is 23.9 Å². The highest BCUT2D eigenvalue weighted by Crippen LogP contribution is 2.23.